The lowest BCUT2D eigenvalue weighted by atomic mass is 10.1. The van der Waals surface area contributed by atoms with Crippen LogP contribution in [-0.2, 0) is 10.0 Å². The molecule has 0 aliphatic heterocycles. The van der Waals surface area contributed by atoms with Crippen molar-refractivity contribution in [3.05, 3.63) is 24.3 Å². The molecule has 0 fully saturated rings. The van der Waals surface area contributed by atoms with Crippen molar-refractivity contribution >= 4 is 21.7 Å². The smallest absolute Gasteiger partial charge is 0.319 e. The molecule has 1 aromatic rings. The Morgan fingerprint density at radius 2 is 1.76 bits per heavy atom. The Bertz CT molecular complexity index is 594. The molecule has 4 N–H and O–H groups in total. The van der Waals surface area contributed by atoms with Gasteiger partial charge in [0.05, 0.1) is 4.90 Å². The Hall–Kier alpha value is -1.64. The van der Waals surface area contributed by atoms with Crippen LogP contribution in [0.25, 0.3) is 0 Å². The molecule has 0 aliphatic carbocycles. The molecule has 0 aromatic heterocycles. The Balaban J connectivity index is 2.60. The monoisotopic (exact) mass is 314 g/mol. The van der Waals surface area contributed by atoms with Crippen LogP contribution in [0, 0.1) is 0 Å². The summed E-state index contributed by atoms with van der Waals surface area (Å²) >= 11 is 0. The molecule has 1 rings (SSSR count). The molecule has 0 radical (unpaired) electrons. The minimum Gasteiger partial charge on any atom is -0.336 e. The third-order valence-corrected chi connectivity index (χ3v) is 4.26. The number of benzene rings is 1. The Labute approximate surface area is 125 Å². The van der Waals surface area contributed by atoms with E-state index in [0.29, 0.717) is 12.2 Å². The summed E-state index contributed by atoms with van der Waals surface area (Å²) in [6, 6.07) is 5.30. The molecular formula is C13H22N4O3S. The van der Waals surface area contributed by atoms with E-state index in [9.17, 15) is 13.2 Å². The minimum absolute atomic E-state index is 0.00204. The molecule has 0 bridgehead atoms. The van der Waals surface area contributed by atoms with Gasteiger partial charge in [0.2, 0.25) is 10.0 Å². The van der Waals surface area contributed by atoms with Gasteiger partial charge in [-0.05, 0) is 52.2 Å². The zero-order valence-corrected chi connectivity index (χ0v) is 13.5. The third kappa shape index (κ3) is 5.33. The van der Waals surface area contributed by atoms with E-state index in [1.54, 1.807) is 0 Å². The molecule has 0 saturated carbocycles. The summed E-state index contributed by atoms with van der Waals surface area (Å²) in [5.74, 6) is 0. The first-order valence-corrected chi connectivity index (χ1v) is 7.92. The van der Waals surface area contributed by atoms with Gasteiger partial charge in [0.1, 0.15) is 0 Å². The van der Waals surface area contributed by atoms with Crippen LogP contribution in [0.3, 0.4) is 0 Å². The fraction of sp³-hybridized carbons (Fsp3) is 0.462. The predicted molar refractivity (Wildman–Crippen MR) is 82.6 cm³/mol. The average molecular weight is 314 g/mol. The van der Waals surface area contributed by atoms with Crippen molar-refractivity contribution in [3.63, 3.8) is 0 Å². The van der Waals surface area contributed by atoms with E-state index in [2.05, 4.69) is 10.6 Å². The molecule has 7 nitrogen and oxygen atoms in total. The number of nitrogens with one attached hydrogen (secondary N) is 2. The third-order valence-electron chi connectivity index (χ3n) is 3.33. The summed E-state index contributed by atoms with van der Waals surface area (Å²) < 4.78 is 22.2. The molecule has 8 heteroatoms. The summed E-state index contributed by atoms with van der Waals surface area (Å²) in [4.78, 5) is 13.8. The topological polar surface area (TPSA) is 105 Å². The highest BCUT2D eigenvalue weighted by molar-refractivity contribution is 7.89. The van der Waals surface area contributed by atoms with Crippen LogP contribution in [0.4, 0.5) is 10.5 Å². The highest BCUT2D eigenvalue weighted by Crippen LogP contribution is 2.13. The lowest BCUT2D eigenvalue weighted by Crippen LogP contribution is -2.49. The number of primary sulfonamides is 1. The molecule has 118 valence electrons. The molecule has 0 unspecified atom stereocenters. The molecule has 1 aromatic carbocycles. The van der Waals surface area contributed by atoms with Crippen molar-refractivity contribution in [2.75, 3.05) is 26.0 Å². The van der Waals surface area contributed by atoms with E-state index in [0.717, 1.165) is 0 Å². The summed E-state index contributed by atoms with van der Waals surface area (Å²) in [6.45, 7) is 4.49. The molecular weight excluding hydrogens is 292 g/mol. The number of sulfonamides is 1. The van der Waals surface area contributed by atoms with Gasteiger partial charge in [0, 0.05) is 17.8 Å². The SMILES string of the molecule is CN(C)C(C)(C)CNC(=O)Nc1ccc(S(N)(=O)=O)cc1. The minimum atomic E-state index is -3.72. The van der Waals surface area contributed by atoms with Gasteiger partial charge in [0.15, 0.2) is 0 Å². The van der Waals surface area contributed by atoms with E-state index in [1.165, 1.54) is 24.3 Å². The van der Waals surface area contributed by atoms with E-state index in [-0.39, 0.29) is 16.5 Å². The van der Waals surface area contributed by atoms with Crippen LogP contribution < -0.4 is 15.8 Å². The summed E-state index contributed by atoms with van der Waals surface area (Å²) in [6.07, 6.45) is 0. The molecule has 2 amide bonds. The first kappa shape index (κ1) is 17.4. The lowest BCUT2D eigenvalue weighted by molar-refractivity contribution is 0.189. The first-order chi connectivity index (χ1) is 9.52. The second-order valence-corrected chi connectivity index (χ2v) is 7.15. The predicted octanol–water partition coefficient (Wildman–Crippen LogP) is 0.796. The summed E-state index contributed by atoms with van der Waals surface area (Å²) in [7, 11) is 0.151. The maximum Gasteiger partial charge on any atom is 0.319 e. The molecule has 0 spiro atoms. The van der Waals surface area contributed by atoms with Gasteiger partial charge in [-0.25, -0.2) is 18.4 Å². The van der Waals surface area contributed by atoms with Crippen molar-refractivity contribution in [2.45, 2.75) is 24.3 Å². The van der Waals surface area contributed by atoms with Gasteiger partial charge >= 0.3 is 6.03 Å². The maximum absolute atomic E-state index is 11.8. The number of hydrogen-bond donors (Lipinski definition) is 3. The lowest BCUT2D eigenvalue weighted by Gasteiger charge is -2.32. The number of carbonyl (C=O) groups excluding carboxylic acids is 1. The van der Waals surface area contributed by atoms with E-state index >= 15 is 0 Å². The van der Waals surface area contributed by atoms with Crippen LogP contribution in [0.15, 0.2) is 29.2 Å². The van der Waals surface area contributed by atoms with Crippen molar-refractivity contribution in [3.8, 4) is 0 Å². The van der Waals surface area contributed by atoms with Crippen LogP contribution >= 0.6 is 0 Å². The number of rotatable bonds is 5. The number of hydrogen-bond acceptors (Lipinski definition) is 4. The number of likely N-dealkylation sites (N-methyl/N-ethyl adjacent to an activating group) is 1. The van der Waals surface area contributed by atoms with Crippen molar-refractivity contribution in [1.29, 1.82) is 0 Å². The van der Waals surface area contributed by atoms with Gasteiger partial charge in [-0.15, -0.1) is 0 Å². The fourth-order valence-electron chi connectivity index (χ4n) is 1.36. The Morgan fingerprint density at radius 1 is 1.24 bits per heavy atom. The summed E-state index contributed by atoms with van der Waals surface area (Å²) in [5, 5.41) is 10.4. The van der Waals surface area contributed by atoms with Crippen LogP contribution in [0.1, 0.15) is 13.8 Å². The van der Waals surface area contributed by atoms with Gasteiger partial charge in [-0.1, -0.05) is 0 Å². The van der Waals surface area contributed by atoms with Gasteiger partial charge in [0.25, 0.3) is 0 Å². The molecule has 21 heavy (non-hydrogen) atoms. The van der Waals surface area contributed by atoms with Crippen LogP contribution in [0.5, 0.6) is 0 Å². The number of anilines is 1. The normalized spacial score (nSPS) is 12.3. The van der Waals surface area contributed by atoms with E-state index in [4.69, 9.17) is 5.14 Å². The largest absolute Gasteiger partial charge is 0.336 e. The maximum atomic E-state index is 11.8. The first-order valence-electron chi connectivity index (χ1n) is 6.37. The van der Waals surface area contributed by atoms with Crippen molar-refractivity contribution in [2.24, 2.45) is 5.14 Å². The molecule has 0 atom stereocenters. The standard InChI is InChI=1S/C13H22N4O3S/c1-13(2,17(3)4)9-15-12(18)16-10-5-7-11(8-6-10)21(14,19)20/h5-8H,9H2,1-4H3,(H2,14,19,20)(H2,15,16,18). The zero-order valence-electron chi connectivity index (χ0n) is 12.7. The highest BCUT2D eigenvalue weighted by Gasteiger charge is 2.21. The Kier molecular flexibility index (Phi) is 5.32. The number of nitrogens with zero attached hydrogens (tertiary/aromatic N) is 1. The molecule has 0 saturated heterocycles. The molecule has 0 heterocycles. The van der Waals surface area contributed by atoms with E-state index in [1.807, 2.05) is 32.8 Å². The van der Waals surface area contributed by atoms with E-state index < -0.39 is 10.0 Å². The number of amides is 2. The zero-order chi connectivity index (χ0) is 16.3. The van der Waals surface area contributed by atoms with Crippen molar-refractivity contribution < 1.29 is 13.2 Å². The quantitative estimate of drug-likeness (QED) is 0.747. The number of nitrogens with two attached hydrogens (primary N) is 1. The van der Waals surface area contributed by atoms with Crippen molar-refractivity contribution in [1.82, 2.24) is 10.2 Å². The fourth-order valence-corrected chi connectivity index (χ4v) is 1.87. The van der Waals surface area contributed by atoms with Gasteiger partial charge in [-0.3, -0.25) is 0 Å². The number of urea groups is 1. The summed E-state index contributed by atoms with van der Waals surface area (Å²) in [5.41, 5.74) is 0.317. The highest BCUT2D eigenvalue weighted by atomic mass is 32.2. The number of carbonyl (C=O) groups is 1. The van der Waals surface area contributed by atoms with Gasteiger partial charge < -0.3 is 15.5 Å². The second kappa shape index (κ2) is 6.42. The van der Waals surface area contributed by atoms with Crippen LogP contribution in [0.2, 0.25) is 0 Å². The molecule has 0 aliphatic rings. The second-order valence-electron chi connectivity index (χ2n) is 5.58. The van der Waals surface area contributed by atoms with Crippen LogP contribution in [-0.4, -0.2) is 45.5 Å². The van der Waals surface area contributed by atoms with Gasteiger partial charge in [-0.2, -0.15) is 0 Å². The average Bonchev–Trinajstić information content (AvgIpc) is 2.36. The Morgan fingerprint density at radius 3 is 2.19 bits per heavy atom.